The zero-order valence-corrected chi connectivity index (χ0v) is 10.2. The molecule has 0 aliphatic carbocycles. The van der Waals surface area contributed by atoms with Crippen LogP contribution in [-0.4, -0.2) is 16.1 Å². The van der Waals surface area contributed by atoms with Crippen molar-refractivity contribution in [2.75, 3.05) is 0 Å². The fourth-order valence-electron chi connectivity index (χ4n) is 1.00. The molecule has 4 nitrogen and oxygen atoms in total. The fraction of sp³-hybridized carbons (Fsp3) is 0.600. The van der Waals surface area contributed by atoms with E-state index in [1.807, 2.05) is 33.8 Å². The summed E-state index contributed by atoms with van der Waals surface area (Å²) in [5, 5.41) is 2.75. The Morgan fingerprint density at radius 2 is 2.27 bits per heavy atom. The van der Waals surface area contributed by atoms with Crippen molar-refractivity contribution in [2.24, 2.45) is 0 Å². The van der Waals surface area contributed by atoms with Gasteiger partial charge in [0.1, 0.15) is 5.60 Å². The Labute approximate surface area is 93.8 Å². The van der Waals surface area contributed by atoms with Gasteiger partial charge in [-0.25, -0.2) is 9.17 Å². The van der Waals surface area contributed by atoms with Crippen molar-refractivity contribution in [3.8, 4) is 0 Å². The standard InChI is InChI=1S/C10H16N2O2S/c1-7(8-5-6-11-15-8)12-9(13)14-10(2,3)4/h5-7H,1-4H3,(H,12,13). The third-order valence-electron chi connectivity index (χ3n) is 1.62. The van der Waals surface area contributed by atoms with E-state index in [9.17, 15) is 4.79 Å². The molecule has 1 amide bonds. The highest BCUT2D eigenvalue weighted by molar-refractivity contribution is 7.05. The molecule has 0 aliphatic heterocycles. The van der Waals surface area contributed by atoms with E-state index in [0.717, 1.165) is 4.88 Å². The molecule has 0 radical (unpaired) electrons. The first-order valence-corrected chi connectivity index (χ1v) is 5.56. The van der Waals surface area contributed by atoms with Crippen molar-refractivity contribution in [1.29, 1.82) is 0 Å². The zero-order chi connectivity index (χ0) is 11.5. The lowest BCUT2D eigenvalue weighted by atomic mass is 10.2. The summed E-state index contributed by atoms with van der Waals surface area (Å²) in [6, 6.07) is 1.82. The highest BCUT2D eigenvalue weighted by atomic mass is 32.1. The number of ether oxygens (including phenoxy) is 1. The van der Waals surface area contributed by atoms with Crippen LogP contribution in [0.4, 0.5) is 4.79 Å². The number of rotatable bonds is 2. The molecule has 0 aliphatic rings. The van der Waals surface area contributed by atoms with E-state index in [2.05, 4.69) is 9.69 Å². The molecule has 0 saturated heterocycles. The Balaban J connectivity index is 2.45. The Hall–Kier alpha value is -1.10. The van der Waals surface area contributed by atoms with Gasteiger partial charge in [0.15, 0.2) is 0 Å². The maximum atomic E-state index is 11.4. The first-order valence-electron chi connectivity index (χ1n) is 4.78. The Kier molecular flexibility index (Phi) is 3.68. The number of hydrogen-bond donors (Lipinski definition) is 1. The van der Waals surface area contributed by atoms with E-state index >= 15 is 0 Å². The molecular weight excluding hydrogens is 212 g/mol. The minimum atomic E-state index is -0.461. The van der Waals surface area contributed by atoms with Gasteiger partial charge in [0.25, 0.3) is 0 Å². The number of amides is 1. The van der Waals surface area contributed by atoms with Crippen LogP contribution in [0, 0.1) is 0 Å². The molecule has 1 N–H and O–H groups in total. The molecule has 15 heavy (non-hydrogen) atoms. The largest absolute Gasteiger partial charge is 0.444 e. The van der Waals surface area contributed by atoms with Crippen LogP contribution in [0.15, 0.2) is 12.3 Å². The molecule has 1 aromatic rings. The number of carbonyl (C=O) groups excluding carboxylic acids is 1. The summed E-state index contributed by atoms with van der Waals surface area (Å²) >= 11 is 1.37. The summed E-state index contributed by atoms with van der Waals surface area (Å²) in [6.45, 7) is 7.41. The SMILES string of the molecule is CC(NC(=O)OC(C)(C)C)c1ccns1. The Morgan fingerprint density at radius 1 is 1.60 bits per heavy atom. The first-order chi connectivity index (χ1) is 6.88. The second-order valence-electron chi connectivity index (χ2n) is 4.28. The van der Waals surface area contributed by atoms with E-state index in [0.29, 0.717) is 0 Å². The minimum absolute atomic E-state index is 0.0626. The molecule has 5 heteroatoms. The van der Waals surface area contributed by atoms with Crippen LogP contribution >= 0.6 is 11.5 Å². The molecule has 0 spiro atoms. The number of nitrogens with zero attached hydrogens (tertiary/aromatic N) is 1. The highest BCUT2D eigenvalue weighted by Gasteiger charge is 2.18. The molecule has 0 aromatic carbocycles. The van der Waals surface area contributed by atoms with Crippen LogP contribution in [0.25, 0.3) is 0 Å². The molecule has 1 rings (SSSR count). The number of carbonyl (C=O) groups is 1. The van der Waals surface area contributed by atoms with Crippen LogP contribution in [-0.2, 0) is 4.74 Å². The quantitative estimate of drug-likeness (QED) is 0.846. The summed E-state index contributed by atoms with van der Waals surface area (Å²) in [6.07, 6.45) is 1.32. The number of alkyl carbamates (subject to hydrolysis) is 1. The predicted octanol–water partition coefficient (Wildman–Crippen LogP) is 2.73. The minimum Gasteiger partial charge on any atom is -0.444 e. The van der Waals surface area contributed by atoms with Gasteiger partial charge in [0, 0.05) is 11.1 Å². The average molecular weight is 228 g/mol. The highest BCUT2D eigenvalue weighted by Crippen LogP contribution is 2.16. The van der Waals surface area contributed by atoms with Crippen molar-refractivity contribution >= 4 is 17.6 Å². The van der Waals surface area contributed by atoms with E-state index in [1.54, 1.807) is 6.20 Å². The first kappa shape index (κ1) is 12.0. The summed E-state index contributed by atoms with van der Waals surface area (Å²) in [7, 11) is 0. The molecule has 1 atom stereocenters. The van der Waals surface area contributed by atoms with Crippen LogP contribution < -0.4 is 5.32 Å². The van der Waals surface area contributed by atoms with Gasteiger partial charge in [0.05, 0.1) is 6.04 Å². The Morgan fingerprint density at radius 3 is 2.73 bits per heavy atom. The van der Waals surface area contributed by atoms with Gasteiger partial charge in [-0.15, -0.1) is 0 Å². The molecule has 0 fully saturated rings. The zero-order valence-electron chi connectivity index (χ0n) is 9.40. The van der Waals surface area contributed by atoms with Gasteiger partial charge in [-0.1, -0.05) is 0 Å². The van der Waals surface area contributed by atoms with Crippen molar-refractivity contribution in [2.45, 2.75) is 39.3 Å². The van der Waals surface area contributed by atoms with Gasteiger partial charge in [0.2, 0.25) is 0 Å². The summed E-state index contributed by atoms with van der Waals surface area (Å²) in [4.78, 5) is 12.4. The smallest absolute Gasteiger partial charge is 0.408 e. The van der Waals surface area contributed by atoms with Crippen molar-refractivity contribution < 1.29 is 9.53 Å². The summed E-state index contributed by atoms with van der Waals surface area (Å²) in [5.41, 5.74) is -0.461. The van der Waals surface area contributed by atoms with Gasteiger partial charge in [-0.05, 0) is 45.3 Å². The normalized spacial score (nSPS) is 13.3. The fourth-order valence-corrected chi connectivity index (χ4v) is 1.59. The van der Waals surface area contributed by atoms with Crippen LogP contribution in [0.1, 0.15) is 38.6 Å². The third-order valence-corrected chi connectivity index (χ3v) is 2.55. The maximum absolute atomic E-state index is 11.4. The maximum Gasteiger partial charge on any atom is 0.408 e. The Bertz CT molecular complexity index is 317. The van der Waals surface area contributed by atoms with Gasteiger partial charge in [-0.3, -0.25) is 0 Å². The topological polar surface area (TPSA) is 51.2 Å². The molecule has 1 unspecified atom stereocenters. The van der Waals surface area contributed by atoms with Crippen molar-refractivity contribution in [3.63, 3.8) is 0 Å². The van der Waals surface area contributed by atoms with Crippen molar-refractivity contribution in [1.82, 2.24) is 9.69 Å². The molecule has 0 saturated carbocycles. The lowest BCUT2D eigenvalue weighted by Gasteiger charge is -2.21. The second-order valence-corrected chi connectivity index (χ2v) is 5.15. The monoisotopic (exact) mass is 228 g/mol. The third kappa shape index (κ3) is 4.29. The number of aromatic nitrogens is 1. The number of hydrogen-bond acceptors (Lipinski definition) is 4. The lowest BCUT2D eigenvalue weighted by molar-refractivity contribution is 0.0509. The molecular formula is C10H16N2O2S. The predicted molar refractivity (Wildman–Crippen MR) is 59.9 cm³/mol. The van der Waals surface area contributed by atoms with Crippen LogP contribution in [0.3, 0.4) is 0 Å². The molecule has 1 aromatic heterocycles. The van der Waals surface area contributed by atoms with Gasteiger partial charge < -0.3 is 10.1 Å². The van der Waals surface area contributed by atoms with E-state index < -0.39 is 11.7 Å². The van der Waals surface area contributed by atoms with Crippen molar-refractivity contribution in [3.05, 3.63) is 17.1 Å². The van der Waals surface area contributed by atoms with Crippen LogP contribution in [0.5, 0.6) is 0 Å². The molecule has 84 valence electrons. The van der Waals surface area contributed by atoms with E-state index in [1.165, 1.54) is 11.5 Å². The second kappa shape index (κ2) is 4.61. The van der Waals surface area contributed by atoms with E-state index in [-0.39, 0.29) is 6.04 Å². The van der Waals surface area contributed by atoms with Gasteiger partial charge >= 0.3 is 6.09 Å². The lowest BCUT2D eigenvalue weighted by Crippen LogP contribution is -2.33. The van der Waals surface area contributed by atoms with Crippen LogP contribution in [0.2, 0.25) is 0 Å². The molecule has 1 heterocycles. The van der Waals surface area contributed by atoms with Gasteiger partial charge in [-0.2, -0.15) is 0 Å². The number of nitrogens with one attached hydrogen (secondary N) is 1. The van der Waals surface area contributed by atoms with E-state index in [4.69, 9.17) is 4.74 Å². The average Bonchev–Trinajstić information content (AvgIpc) is 2.50. The summed E-state index contributed by atoms with van der Waals surface area (Å²) < 4.78 is 9.12. The molecule has 0 bridgehead atoms. The summed E-state index contributed by atoms with van der Waals surface area (Å²) in [5.74, 6) is 0.